The summed E-state index contributed by atoms with van der Waals surface area (Å²) >= 11 is 1.68. The number of rotatable bonds is 7. The Morgan fingerprint density at radius 1 is 1.24 bits per heavy atom. The lowest BCUT2D eigenvalue weighted by Crippen LogP contribution is -2.48. The van der Waals surface area contributed by atoms with Crippen LogP contribution < -0.4 is 4.74 Å². The van der Waals surface area contributed by atoms with Crippen molar-refractivity contribution in [2.45, 2.75) is 51.2 Å². The van der Waals surface area contributed by atoms with Gasteiger partial charge in [0.25, 0.3) is 0 Å². The molecule has 9 heteroatoms. The van der Waals surface area contributed by atoms with E-state index >= 15 is 0 Å². The molecule has 1 saturated heterocycles. The van der Waals surface area contributed by atoms with E-state index in [0.29, 0.717) is 34.1 Å². The third-order valence-corrected chi connectivity index (χ3v) is 7.71. The van der Waals surface area contributed by atoms with Gasteiger partial charge in [-0.1, -0.05) is 0 Å². The van der Waals surface area contributed by atoms with Crippen LogP contribution in [-0.2, 0) is 24.3 Å². The normalized spacial score (nSPS) is 18.5. The molecule has 1 aromatic carbocycles. The molecule has 1 aliphatic heterocycles. The van der Waals surface area contributed by atoms with E-state index in [0.717, 1.165) is 5.75 Å². The summed E-state index contributed by atoms with van der Waals surface area (Å²) in [5.41, 5.74) is 0.710. The van der Waals surface area contributed by atoms with Crippen LogP contribution in [0, 0.1) is 13.8 Å². The van der Waals surface area contributed by atoms with Gasteiger partial charge < -0.3 is 14.2 Å². The Morgan fingerprint density at radius 2 is 1.86 bits per heavy atom. The molecule has 0 saturated carbocycles. The molecule has 1 heterocycles. The van der Waals surface area contributed by atoms with E-state index in [1.54, 1.807) is 65.6 Å². The highest BCUT2D eigenvalue weighted by Crippen LogP contribution is 2.31. The number of aryl methyl sites for hydroxylation is 2. The van der Waals surface area contributed by atoms with Gasteiger partial charge in [-0.05, 0) is 57.9 Å². The highest BCUT2D eigenvalue weighted by atomic mass is 32.2. The summed E-state index contributed by atoms with van der Waals surface area (Å²) in [5.74, 6) is 1.50. The predicted molar refractivity (Wildman–Crippen MR) is 114 cm³/mol. The fourth-order valence-electron chi connectivity index (χ4n) is 3.29. The molecule has 1 atom stereocenters. The highest BCUT2D eigenvalue weighted by molar-refractivity contribution is 7.99. The van der Waals surface area contributed by atoms with E-state index in [-0.39, 0.29) is 19.3 Å². The number of ether oxygens (including phenoxy) is 3. The number of esters is 1. The minimum absolute atomic E-state index is 0.139. The molecule has 1 fully saturated rings. The standard InChI is InChI=1S/C20H31NO6S2/c1-14-9-17(25-6)10-15(2)19(14)29(23,24)21-7-8-28-13-16(21)11-26-12-18(22)27-20(3,4)5/h9-10,16H,7-8,11-13H2,1-6H3. The van der Waals surface area contributed by atoms with Gasteiger partial charge in [-0.3, -0.25) is 0 Å². The zero-order valence-electron chi connectivity index (χ0n) is 18.0. The van der Waals surface area contributed by atoms with Crippen molar-refractivity contribution in [2.75, 3.05) is 38.4 Å². The van der Waals surface area contributed by atoms with E-state index in [2.05, 4.69) is 0 Å². The maximum Gasteiger partial charge on any atom is 0.332 e. The van der Waals surface area contributed by atoms with Crippen LogP contribution in [0.1, 0.15) is 31.9 Å². The van der Waals surface area contributed by atoms with Gasteiger partial charge in [0.2, 0.25) is 10.0 Å². The molecule has 1 aliphatic rings. The number of carbonyl (C=O) groups excluding carboxylic acids is 1. The Bertz CT molecular complexity index is 809. The molecule has 29 heavy (non-hydrogen) atoms. The first-order valence-electron chi connectivity index (χ1n) is 9.50. The number of methoxy groups -OCH3 is 1. The number of hydrogen-bond donors (Lipinski definition) is 0. The zero-order chi connectivity index (χ0) is 21.8. The minimum atomic E-state index is -3.71. The molecule has 0 radical (unpaired) electrons. The van der Waals surface area contributed by atoms with Crippen molar-refractivity contribution in [3.8, 4) is 5.75 Å². The molecule has 164 valence electrons. The van der Waals surface area contributed by atoms with Crippen LogP contribution in [-0.4, -0.2) is 68.7 Å². The van der Waals surface area contributed by atoms with Crippen molar-refractivity contribution in [1.82, 2.24) is 4.31 Å². The van der Waals surface area contributed by atoms with Gasteiger partial charge >= 0.3 is 5.97 Å². The van der Waals surface area contributed by atoms with Crippen LogP contribution in [0.2, 0.25) is 0 Å². The molecule has 0 spiro atoms. The first kappa shape index (κ1) is 24.0. The molecule has 1 aromatic rings. The minimum Gasteiger partial charge on any atom is -0.497 e. The van der Waals surface area contributed by atoms with Gasteiger partial charge in [-0.2, -0.15) is 16.1 Å². The van der Waals surface area contributed by atoms with Crippen molar-refractivity contribution in [3.63, 3.8) is 0 Å². The van der Waals surface area contributed by atoms with Gasteiger partial charge in [0.05, 0.1) is 24.7 Å². The lowest BCUT2D eigenvalue weighted by Gasteiger charge is -2.35. The van der Waals surface area contributed by atoms with Crippen molar-refractivity contribution < 1.29 is 27.4 Å². The van der Waals surface area contributed by atoms with Crippen LogP contribution >= 0.6 is 11.8 Å². The first-order valence-corrected chi connectivity index (χ1v) is 12.1. The van der Waals surface area contributed by atoms with Crippen molar-refractivity contribution in [3.05, 3.63) is 23.3 Å². The smallest absolute Gasteiger partial charge is 0.332 e. The second-order valence-corrected chi connectivity index (χ2v) is 11.0. The summed E-state index contributed by atoms with van der Waals surface area (Å²) < 4.78 is 44.4. The van der Waals surface area contributed by atoms with E-state index in [1.807, 2.05) is 0 Å². The maximum atomic E-state index is 13.5. The average Bonchev–Trinajstić information content (AvgIpc) is 2.59. The Kier molecular flexibility index (Phi) is 8.00. The van der Waals surface area contributed by atoms with Gasteiger partial charge in [-0.25, -0.2) is 13.2 Å². The molecule has 0 N–H and O–H groups in total. The Morgan fingerprint density at radius 3 is 2.41 bits per heavy atom. The second kappa shape index (κ2) is 9.68. The summed E-state index contributed by atoms with van der Waals surface area (Å²) in [4.78, 5) is 12.2. The average molecular weight is 446 g/mol. The molecule has 0 aromatic heterocycles. The van der Waals surface area contributed by atoms with Crippen LogP contribution in [0.3, 0.4) is 0 Å². The van der Waals surface area contributed by atoms with E-state index in [1.165, 1.54) is 4.31 Å². The van der Waals surface area contributed by atoms with Gasteiger partial charge in [-0.15, -0.1) is 0 Å². The molecule has 0 amide bonds. The third-order valence-electron chi connectivity index (χ3n) is 4.36. The van der Waals surface area contributed by atoms with Gasteiger partial charge in [0.15, 0.2) is 0 Å². The van der Waals surface area contributed by atoms with Crippen molar-refractivity contribution in [1.29, 1.82) is 0 Å². The van der Waals surface area contributed by atoms with Gasteiger partial charge in [0, 0.05) is 18.1 Å². The lowest BCUT2D eigenvalue weighted by molar-refractivity contribution is -0.160. The predicted octanol–water partition coefficient (Wildman–Crippen LogP) is 2.78. The molecule has 1 unspecified atom stereocenters. The van der Waals surface area contributed by atoms with Crippen LogP contribution in [0.15, 0.2) is 17.0 Å². The molecule has 0 aliphatic carbocycles. The Labute approximate surface area is 178 Å². The molecule has 7 nitrogen and oxygen atoms in total. The summed E-state index contributed by atoms with van der Waals surface area (Å²) in [6, 6.07) is 3.11. The quantitative estimate of drug-likeness (QED) is 0.597. The largest absolute Gasteiger partial charge is 0.497 e. The maximum absolute atomic E-state index is 13.5. The number of benzene rings is 1. The molecular formula is C20H31NO6S2. The molecular weight excluding hydrogens is 414 g/mol. The summed E-state index contributed by atoms with van der Waals surface area (Å²) in [6.07, 6.45) is 0. The van der Waals surface area contributed by atoms with Crippen molar-refractivity contribution in [2.24, 2.45) is 0 Å². The Balaban J connectivity index is 2.15. The first-order chi connectivity index (χ1) is 13.5. The number of thioether (sulfide) groups is 1. The number of sulfonamides is 1. The Hall–Kier alpha value is -1.29. The lowest BCUT2D eigenvalue weighted by atomic mass is 10.1. The van der Waals surface area contributed by atoms with Crippen LogP contribution in [0.4, 0.5) is 0 Å². The highest BCUT2D eigenvalue weighted by Gasteiger charge is 2.36. The van der Waals surface area contributed by atoms with Crippen LogP contribution in [0.25, 0.3) is 0 Å². The summed E-state index contributed by atoms with van der Waals surface area (Å²) in [7, 11) is -2.15. The van der Waals surface area contributed by atoms with E-state index < -0.39 is 21.6 Å². The fraction of sp³-hybridized carbons (Fsp3) is 0.650. The SMILES string of the molecule is COc1cc(C)c(S(=O)(=O)N2CCSCC2COCC(=O)OC(C)(C)C)c(C)c1. The van der Waals surface area contributed by atoms with Crippen LogP contribution in [0.5, 0.6) is 5.75 Å². The monoisotopic (exact) mass is 445 g/mol. The number of carbonyl (C=O) groups is 1. The topological polar surface area (TPSA) is 82.1 Å². The second-order valence-electron chi connectivity index (χ2n) is 8.04. The fourth-order valence-corrected chi connectivity index (χ4v) is 6.57. The summed E-state index contributed by atoms with van der Waals surface area (Å²) in [5, 5.41) is 0. The zero-order valence-corrected chi connectivity index (χ0v) is 19.6. The van der Waals surface area contributed by atoms with E-state index in [4.69, 9.17) is 14.2 Å². The summed E-state index contributed by atoms with van der Waals surface area (Å²) in [6.45, 7) is 9.25. The van der Waals surface area contributed by atoms with E-state index in [9.17, 15) is 13.2 Å². The van der Waals surface area contributed by atoms with Gasteiger partial charge in [0.1, 0.15) is 18.0 Å². The van der Waals surface area contributed by atoms with Crippen molar-refractivity contribution >= 4 is 27.8 Å². The third kappa shape index (κ3) is 6.34. The molecule has 2 rings (SSSR count). The number of hydrogen-bond acceptors (Lipinski definition) is 7. The number of nitrogens with zero attached hydrogens (tertiary/aromatic N) is 1. The molecule has 0 bridgehead atoms.